The Labute approximate surface area is 94.8 Å². The van der Waals surface area contributed by atoms with Crippen LogP contribution in [0.1, 0.15) is 19.3 Å². The molecule has 0 radical (unpaired) electrons. The van der Waals surface area contributed by atoms with E-state index in [2.05, 4.69) is 5.32 Å². The lowest BCUT2D eigenvalue weighted by atomic mass is 10.1. The Morgan fingerprint density at radius 1 is 1.44 bits per heavy atom. The number of halogens is 1. The third-order valence-electron chi connectivity index (χ3n) is 2.81. The minimum absolute atomic E-state index is 0.248. The predicted octanol–water partition coefficient (Wildman–Crippen LogP) is 2.39. The van der Waals surface area contributed by atoms with Crippen LogP contribution in [0.3, 0.4) is 0 Å². The molecule has 0 aliphatic carbocycles. The SMILES string of the molecule is Nc1cc(F)ccc1NCC1CCCCO1. The van der Waals surface area contributed by atoms with Crippen LogP contribution in [-0.4, -0.2) is 19.3 Å². The van der Waals surface area contributed by atoms with E-state index in [0.717, 1.165) is 31.7 Å². The first kappa shape index (κ1) is 11.2. The summed E-state index contributed by atoms with van der Waals surface area (Å²) in [5.74, 6) is -0.308. The van der Waals surface area contributed by atoms with Crippen LogP contribution < -0.4 is 11.1 Å². The highest BCUT2D eigenvalue weighted by Crippen LogP contribution is 2.20. The molecule has 1 aromatic rings. The van der Waals surface area contributed by atoms with Crippen LogP contribution in [0.15, 0.2) is 18.2 Å². The van der Waals surface area contributed by atoms with Crippen LogP contribution in [0.4, 0.5) is 15.8 Å². The van der Waals surface area contributed by atoms with Gasteiger partial charge in [-0.3, -0.25) is 0 Å². The molecular weight excluding hydrogens is 207 g/mol. The van der Waals surface area contributed by atoms with Crippen LogP contribution in [0.5, 0.6) is 0 Å². The highest BCUT2D eigenvalue weighted by atomic mass is 19.1. The molecule has 1 fully saturated rings. The van der Waals surface area contributed by atoms with Crippen molar-refractivity contribution >= 4 is 11.4 Å². The summed E-state index contributed by atoms with van der Waals surface area (Å²) in [7, 11) is 0. The lowest BCUT2D eigenvalue weighted by Crippen LogP contribution is -2.27. The van der Waals surface area contributed by atoms with Gasteiger partial charge >= 0.3 is 0 Å². The quantitative estimate of drug-likeness (QED) is 0.775. The van der Waals surface area contributed by atoms with Gasteiger partial charge in [0.25, 0.3) is 0 Å². The van der Waals surface area contributed by atoms with Crippen molar-refractivity contribution in [3.8, 4) is 0 Å². The molecule has 88 valence electrons. The van der Waals surface area contributed by atoms with Gasteiger partial charge in [0.05, 0.1) is 17.5 Å². The largest absolute Gasteiger partial charge is 0.397 e. The molecule has 3 N–H and O–H groups in total. The fourth-order valence-corrected chi connectivity index (χ4v) is 1.89. The molecule has 1 unspecified atom stereocenters. The molecule has 0 saturated carbocycles. The Balaban J connectivity index is 1.88. The minimum Gasteiger partial charge on any atom is -0.397 e. The van der Waals surface area contributed by atoms with Crippen molar-refractivity contribution < 1.29 is 9.13 Å². The van der Waals surface area contributed by atoms with Crippen LogP contribution in [-0.2, 0) is 4.74 Å². The van der Waals surface area contributed by atoms with Gasteiger partial charge in [0.15, 0.2) is 0 Å². The van der Waals surface area contributed by atoms with E-state index in [1.54, 1.807) is 6.07 Å². The molecule has 0 amide bonds. The number of hydrogen-bond acceptors (Lipinski definition) is 3. The zero-order valence-electron chi connectivity index (χ0n) is 9.21. The number of nitrogens with two attached hydrogens (primary N) is 1. The first-order valence-corrected chi connectivity index (χ1v) is 5.66. The Kier molecular flexibility index (Phi) is 3.62. The molecule has 1 aliphatic rings. The zero-order chi connectivity index (χ0) is 11.4. The molecule has 1 aromatic carbocycles. The monoisotopic (exact) mass is 224 g/mol. The van der Waals surface area contributed by atoms with Crippen molar-refractivity contribution in [1.82, 2.24) is 0 Å². The third kappa shape index (κ3) is 2.85. The summed E-state index contributed by atoms with van der Waals surface area (Å²) >= 11 is 0. The summed E-state index contributed by atoms with van der Waals surface area (Å²) in [6.45, 7) is 1.57. The van der Waals surface area contributed by atoms with E-state index >= 15 is 0 Å². The van der Waals surface area contributed by atoms with E-state index in [1.807, 2.05) is 0 Å². The molecule has 0 spiro atoms. The first-order valence-electron chi connectivity index (χ1n) is 5.66. The number of rotatable bonds is 3. The zero-order valence-corrected chi connectivity index (χ0v) is 9.21. The fraction of sp³-hybridized carbons (Fsp3) is 0.500. The molecule has 16 heavy (non-hydrogen) atoms. The van der Waals surface area contributed by atoms with Gasteiger partial charge in [0.2, 0.25) is 0 Å². The summed E-state index contributed by atoms with van der Waals surface area (Å²) in [5.41, 5.74) is 6.91. The van der Waals surface area contributed by atoms with Crippen LogP contribution in [0, 0.1) is 5.82 Å². The van der Waals surface area contributed by atoms with E-state index in [4.69, 9.17) is 10.5 Å². The summed E-state index contributed by atoms with van der Waals surface area (Å²) in [6.07, 6.45) is 3.69. The van der Waals surface area contributed by atoms with E-state index in [-0.39, 0.29) is 11.9 Å². The number of hydrogen-bond donors (Lipinski definition) is 2. The Hall–Kier alpha value is -1.29. The molecule has 1 heterocycles. The van der Waals surface area contributed by atoms with Gasteiger partial charge in [0.1, 0.15) is 5.82 Å². The van der Waals surface area contributed by atoms with Gasteiger partial charge in [-0.05, 0) is 37.5 Å². The second-order valence-corrected chi connectivity index (χ2v) is 4.10. The molecule has 4 heteroatoms. The van der Waals surface area contributed by atoms with Gasteiger partial charge < -0.3 is 15.8 Å². The number of ether oxygens (including phenoxy) is 1. The third-order valence-corrected chi connectivity index (χ3v) is 2.81. The Bertz CT molecular complexity index is 351. The maximum absolute atomic E-state index is 12.8. The van der Waals surface area contributed by atoms with Crippen molar-refractivity contribution in [2.45, 2.75) is 25.4 Å². The van der Waals surface area contributed by atoms with E-state index in [1.165, 1.54) is 18.6 Å². The van der Waals surface area contributed by atoms with Crippen molar-refractivity contribution in [2.75, 3.05) is 24.2 Å². The predicted molar refractivity (Wildman–Crippen MR) is 62.9 cm³/mol. The molecule has 1 atom stereocenters. The molecular formula is C12H17FN2O. The lowest BCUT2D eigenvalue weighted by molar-refractivity contribution is 0.0248. The van der Waals surface area contributed by atoms with Crippen LogP contribution >= 0.6 is 0 Å². The maximum Gasteiger partial charge on any atom is 0.125 e. The molecule has 0 bridgehead atoms. The smallest absolute Gasteiger partial charge is 0.125 e. The summed E-state index contributed by atoms with van der Waals surface area (Å²) in [6, 6.07) is 4.39. The fourth-order valence-electron chi connectivity index (χ4n) is 1.89. The topological polar surface area (TPSA) is 47.3 Å². The normalized spacial score (nSPS) is 20.7. The first-order chi connectivity index (χ1) is 7.75. The average molecular weight is 224 g/mol. The number of benzene rings is 1. The van der Waals surface area contributed by atoms with Crippen molar-refractivity contribution in [2.24, 2.45) is 0 Å². The number of nitrogen functional groups attached to an aromatic ring is 1. The molecule has 1 saturated heterocycles. The summed E-state index contributed by atoms with van der Waals surface area (Å²) in [4.78, 5) is 0. The van der Waals surface area contributed by atoms with Crippen molar-refractivity contribution in [1.29, 1.82) is 0 Å². The second-order valence-electron chi connectivity index (χ2n) is 4.10. The number of nitrogens with one attached hydrogen (secondary N) is 1. The molecule has 2 rings (SSSR count). The molecule has 1 aliphatic heterocycles. The van der Waals surface area contributed by atoms with E-state index in [9.17, 15) is 4.39 Å². The lowest BCUT2D eigenvalue weighted by Gasteiger charge is -2.23. The highest BCUT2D eigenvalue weighted by Gasteiger charge is 2.13. The van der Waals surface area contributed by atoms with Gasteiger partial charge in [-0.15, -0.1) is 0 Å². The van der Waals surface area contributed by atoms with Crippen LogP contribution in [0.25, 0.3) is 0 Å². The molecule has 0 aromatic heterocycles. The van der Waals surface area contributed by atoms with Crippen LogP contribution in [0.2, 0.25) is 0 Å². The van der Waals surface area contributed by atoms with Gasteiger partial charge in [-0.2, -0.15) is 0 Å². The van der Waals surface area contributed by atoms with Gasteiger partial charge in [-0.1, -0.05) is 0 Å². The average Bonchev–Trinajstić information content (AvgIpc) is 2.29. The second kappa shape index (κ2) is 5.16. The molecule has 3 nitrogen and oxygen atoms in total. The standard InChI is InChI=1S/C12H17FN2O/c13-9-4-5-12(11(14)7-9)15-8-10-3-1-2-6-16-10/h4-5,7,10,15H,1-3,6,8,14H2. The van der Waals surface area contributed by atoms with E-state index in [0.29, 0.717) is 5.69 Å². The maximum atomic E-state index is 12.8. The van der Waals surface area contributed by atoms with Crippen molar-refractivity contribution in [3.63, 3.8) is 0 Å². The minimum atomic E-state index is -0.308. The number of anilines is 2. The highest BCUT2D eigenvalue weighted by molar-refractivity contribution is 5.65. The Morgan fingerprint density at radius 2 is 2.31 bits per heavy atom. The van der Waals surface area contributed by atoms with Crippen molar-refractivity contribution in [3.05, 3.63) is 24.0 Å². The van der Waals surface area contributed by atoms with Gasteiger partial charge in [-0.25, -0.2) is 4.39 Å². The van der Waals surface area contributed by atoms with Gasteiger partial charge in [0, 0.05) is 13.2 Å². The Morgan fingerprint density at radius 3 is 3.00 bits per heavy atom. The van der Waals surface area contributed by atoms with E-state index < -0.39 is 0 Å². The summed E-state index contributed by atoms with van der Waals surface area (Å²) < 4.78 is 18.4. The summed E-state index contributed by atoms with van der Waals surface area (Å²) in [5, 5.41) is 3.19.